The van der Waals surface area contributed by atoms with Crippen LogP contribution >= 0.6 is 0 Å². The molecule has 2 nitrogen and oxygen atoms in total. The third-order valence-electron chi connectivity index (χ3n) is 2.87. The first-order valence-electron chi connectivity index (χ1n) is 6.66. The van der Waals surface area contributed by atoms with Crippen LogP contribution in [-0.4, -0.2) is 5.91 Å². The van der Waals surface area contributed by atoms with Crippen LogP contribution in [0.1, 0.15) is 18.9 Å². The van der Waals surface area contributed by atoms with Gasteiger partial charge in [0.15, 0.2) is 0 Å². The number of benzene rings is 2. The van der Waals surface area contributed by atoms with Gasteiger partial charge in [0.1, 0.15) is 0 Å². The molecule has 0 fully saturated rings. The molecule has 0 aromatic heterocycles. The normalized spacial score (nSPS) is 9.45. The lowest BCUT2D eigenvalue weighted by Crippen LogP contribution is -2.13. The van der Waals surface area contributed by atoms with Gasteiger partial charge in [0, 0.05) is 5.69 Å². The summed E-state index contributed by atoms with van der Waals surface area (Å²) in [6.45, 7) is 1.95. The van der Waals surface area contributed by atoms with Crippen LogP contribution < -0.4 is 5.32 Å². The van der Waals surface area contributed by atoms with Gasteiger partial charge in [-0.2, -0.15) is 0 Å². The van der Waals surface area contributed by atoms with Gasteiger partial charge < -0.3 is 5.32 Å². The van der Waals surface area contributed by atoms with Gasteiger partial charge in [-0.05, 0) is 30.2 Å². The zero-order valence-electron chi connectivity index (χ0n) is 11.5. The van der Waals surface area contributed by atoms with E-state index >= 15 is 0 Å². The second-order valence-electron chi connectivity index (χ2n) is 4.35. The van der Waals surface area contributed by atoms with Crippen LogP contribution in [0.4, 0.5) is 5.69 Å². The van der Waals surface area contributed by atoms with Crippen molar-refractivity contribution < 1.29 is 4.79 Å². The lowest BCUT2D eigenvalue weighted by Gasteiger charge is -2.04. The van der Waals surface area contributed by atoms with Gasteiger partial charge >= 0.3 is 0 Å². The third kappa shape index (κ3) is 3.98. The number of hydrogen-bond acceptors (Lipinski definition) is 1. The lowest BCUT2D eigenvalue weighted by atomic mass is 10.1. The Morgan fingerprint density at radius 1 is 1.05 bits per heavy atom. The Labute approximate surface area is 119 Å². The van der Waals surface area contributed by atoms with E-state index in [1.807, 2.05) is 73.7 Å². The molecular weight excluding hydrogens is 246 g/mol. The molecule has 0 aliphatic rings. The quantitative estimate of drug-likeness (QED) is 0.647. The summed E-state index contributed by atoms with van der Waals surface area (Å²) in [4.78, 5) is 12.1. The number of carbonyl (C=O) groups excluding carboxylic acids is 1. The minimum Gasteiger partial charge on any atom is -0.322 e. The fraction of sp³-hybridized carbons (Fsp3) is 0.111. The molecule has 2 heteroatoms. The Kier molecular flexibility index (Phi) is 4.94. The maximum atomic E-state index is 12.1. The van der Waals surface area contributed by atoms with Gasteiger partial charge in [-0.1, -0.05) is 55.5 Å². The fourth-order valence-corrected chi connectivity index (χ4v) is 1.78. The molecule has 1 amide bonds. The number of para-hydroxylation sites is 1. The van der Waals surface area contributed by atoms with E-state index in [0.29, 0.717) is 12.0 Å². The highest BCUT2D eigenvalue weighted by Crippen LogP contribution is 2.09. The van der Waals surface area contributed by atoms with E-state index in [2.05, 4.69) is 11.0 Å². The van der Waals surface area contributed by atoms with Crippen LogP contribution in [0.15, 0.2) is 72.0 Å². The van der Waals surface area contributed by atoms with Crippen molar-refractivity contribution in [3.8, 4) is 0 Å². The lowest BCUT2D eigenvalue weighted by molar-refractivity contribution is -0.112. The highest BCUT2D eigenvalue weighted by Gasteiger charge is 2.06. The number of nitrogens with one attached hydrogen (secondary N) is 1. The summed E-state index contributed by atoms with van der Waals surface area (Å²) in [6, 6.07) is 19.3. The first-order valence-corrected chi connectivity index (χ1v) is 6.66. The minimum atomic E-state index is -0.106. The minimum absolute atomic E-state index is 0.106. The zero-order valence-corrected chi connectivity index (χ0v) is 11.5. The molecule has 0 unspecified atom stereocenters. The van der Waals surface area contributed by atoms with Crippen molar-refractivity contribution in [2.75, 3.05) is 5.32 Å². The van der Waals surface area contributed by atoms with E-state index in [1.54, 1.807) is 0 Å². The van der Waals surface area contributed by atoms with Gasteiger partial charge in [-0.25, -0.2) is 0 Å². The highest BCUT2D eigenvalue weighted by atomic mass is 16.1. The van der Waals surface area contributed by atoms with Crippen molar-refractivity contribution in [3.63, 3.8) is 0 Å². The molecule has 2 aromatic carbocycles. The molecule has 20 heavy (non-hydrogen) atoms. The van der Waals surface area contributed by atoms with Crippen LogP contribution in [0, 0.1) is 0 Å². The second-order valence-corrected chi connectivity index (χ2v) is 4.35. The molecule has 2 aromatic rings. The van der Waals surface area contributed by atoms with Gasteiger partial charge in [0.2, 0.25) is 0 Å². The zero-order chi connectivity index (χ0) is 14.2. The summed E-state index contributed by atoms with van der Waals surface area (Å²) in [5, 5.41) is 2.87. The van der Waals surface area contributed by atoms with Gasteiger partial charge in [-0.15, -0.1) is 5.73 Å². The maximum Gasteiger partial charge on any atom is 0.259 e. The first kappa shape index (κ1) is 13.9. The van der Waals surface area contributed by atoms with Crippen molar-refractivity contribution in [1.82, 2.24) is 0 Å². The first-order chi connectivity index (χ1) is 9.79. The van der Waals surface area contributed by atoms with E-state index in [4.69, 9.17) is 0 Å². The summed E-state index contributed by atoms with van der Waals surface area (Å²) in [7, 11) is 0. The molecule has 0 spiro atoms. The Bertz CT molecular complexity index is 623. The summed E-state index contributed by atoms with van der Waals surface area (Å²) in [5.41, 5.74) is 5.55. The smallest absolute Gasteiger partial charge is 0.259 e. The van der Waals surface area contributed by atoms with E-state index in [-0.39, 0.29) is 5.91 Å². The molecule has 100 valence electrons. The Balaban J connectivity index is 2.15. The predicted molar refractivity (Wildman–Crippen MR) is 83.3 cm³/mol. The van der Waals surface area contributed by atoms with Crippen molar-refractivity contribution in [2.45, 2.75) is 13.3 Å². The molecule has 0 aliphatic carbocycles. The Hall–Kier alpha value is -2.57. The van der Waals surface area contributed by atoms with Gasteiger partial charge in [0.25, 0.3) is 5.91 Å². The second kappa shape index (κ2) is 7.13. The van der Waals surface area contributed by atoms with Crippen molar-refractivity contribution in [1.29, 1.82) is 0 Å². The molecule has 0 radical (unpaired) electrons. The van der Waals surface area contributed by atoms with Crippen LogP contribution in [0.5, 0.6) is 0 Å². The van der Waals surface area contributed by atoms with Gasteiger partial charge in [-0.3, -0.25) is 4.79 Å². The van der Waals surface area contributed by atoms with Crippen molar-refractivity contribution in [3.05, 3.63) is 77.5 Å². The summed E-state index contributed by atoms with van der Waals surface area (Å²) >= 11 is 0. The number of rotatable bonds is 4. The Morgan fingerprint density at radius 2 is 1.65 bits per heavy atom. The fourth-order valence-electron chi connectivity index (χ4n) is 1.78. The van der Waals surface area contributed by atoms with Crippen molar-refractivity contribution >= 4 is 17.7 Å². The molecule has 0 saturated heterocycles. The van der Waals surface area contributed by atoms with Crippen LogP contribution in [0.3, 0.4) is 0 Å². The summed E-state index contributed by atoms with van der Waals surface area (Å²) < 4.78 is 0. The van der Waals surface area contributed by atoms with E-state index in [1.165, 1.54) is 0 Å². The average molecular weight is 263 g/mol. The molecule has 0 atom stereocenters. The maximum absolute atomic E-state index is 12.1. The standard InChI is InChI=1S/C18H17NO/c1-2-16(14-13-15-9-5-3-6-10-15)18(20)19-17-11-7-4-8-12-17/h3-13H,2H2,1H3,(H,19,20). The highest BCUT2D eigenvalue weighted by molar-refractivity contribution is 6.03. The molecule has 1 N–H and O–H groups in total. The Morgan fingerprint density at radius 3 is 2.25 bits per heavy atom. The molecule has 0 heterocycles. The van der Waals surface area contributed by atoms with Gasteiger partial charge in [0.05, 0.1) is 5.57 Å². The van der Waals surface area contributed by atoms with Crippen LogP contribution in [0.25, 0.3) is 6.08 Å². The van der Waals surface area contributed by atoms with Crippen LogP contribution in [0.2, 0.25) is 0 Å². The van der Waals surface area contributed by atoms with E-state index in [0.717, 1.165) is 11.3 Å². The molecule has 0 aliphatic heterocycles. The number of carbonyl (C=O) groups is 1. The molecular formula is C18H17NO. The number of hydrogen-bond donors (Lipinski definition) is 1. The molecule has 0 bridgehead atoms. The average Bonchev–Trinajstić information content (AvgIpc) is 2.50. The van der Waals surface area contributed by atoms with E-state index < -0.39 is 0 Å². The van der Waals surface area contributed by atoms with Crippen molar-refractivity contribution in [2.24, 2.45) is 0 Å². The molecule has 0 saturated carbocycles. The summed E-state index contributed by atoms with van der Waals surface area (Å²) in [5.74, 6) is -0.106. The van der Waals surface area contributed by atoms with E-state index in [9.17, 15) is 4.79 Å². The predicted octanol–water partition coefficient (Wildman–Crippen LogP) is 4.27. The molecule has 2 rings (SSSR count). The monoisotopic (exact) mass is 263 g/mol. The largest absolute Gasteiger partial charge is 0.322 e. The topological polar surface area (TPSA) is 29.1 Å². The number of amides is 1. The summed E-state index contributed by atoms with van der Waals surface area (Å²) in [6.07, 6.45) is 2.48. The van der Waals surface area contributed by atoms with Crippen LogP contribution in [-0.2, 0) is 4.79 Å². The SMILES string of the molecule is CCC(=C=Cc1ccccc1)C(=O)Nc1ccccc1. The third-order valence-corrected chi connectivity index (χ3v) is 2.87. The number of anilines is 1.